The summed E-state index contributed by atoms with van der Waals surface area (Å²) in [7, 11) is 1.74. The molecule has 0 unspecified atom stereocenters. The first-order valence-corrected chi connectivity index (χ1v) is 3.84. The van der Waals surface area contributed by atoms with Crippen LogP contribution in [0.2, 0.25) is 0 Å². The fourth-order valence-electron chi connectivity index (χ4n) is 0.867. The highest BCUT2D eigenvalue weighted by molar-refractivity contribution is 5.45. The lowest BCUT2D eigenvalue weighted by Crippen LogP contribution is -1.97. The number of aromatic nitrogens is 5. The zero-order chi connectivity index (χ0) is 9.97. The Bertz CT molecular complexity index is 439. The third-order valence-corrected chi connectivity index (χ3v) is 1.47. The van der Waals surface area contributed by atoms with Gasteiger partial charge in [-0.25, -0.2) is 4.98 Å². The number of nitrogens with two attached hydrogens (primary N) is 1. The third-order valence-electron chi connectivity index (χ3n) is 1.47. The van der Waals surface area contributed by atoms with E-state index in [1.807, 2.05) is 0 Å². The molecule has 0 amide bonds. The minimum Gasteiger partial charge on any atom is -0.402 e. The van der Waals surface area contributed by atoms with Crippen LogP contribution in [0, 0.1) is 0 Å². The summed E-state index contributed by atoms with van der Waals surface area (Å²) >= 11 is 0. The summed E-state index contributed by atoms with van der Waals surface area (Å²) in [5.74, 6) is 0.256. The molecule has 2 N–H and O–H groups in total. The predicted molar refractivity (Wildman–Crippen MR) is 47.5 cm³/mol. The van der Waals surface area contributed by atoms with E-state index in [1.54, 1.807) is 7.05 Å². The van der Waals surface area contributed by atoms with E-state index in [9.17, 15) is 0 Å². The highest BCUT2D eigenvalue weighted by atomic mass is 16.5. The predicted octanol–water partition coefficient (Wildman–Crippen LogP) is -0.0204. The molecule has 0 aromatic carbocycles. The molecule has 0 aliphatic heterocycles. The monoisotopic (exact) mass is 192 g/mol. The fourth-order valence-corrected chi connectivity index (χ4v) is 0.867. The van der Waals surface area contributed by atoms with Gasteiger partial charge in [0.05, 0.1) is 6.20 Å². The van der Waals surface area contributed by atoms with Crippen LogP contribution in [0.3, 0.4) is 0 Å². The Balaban J connectivity index is 2.23. The number of nitrogens with zero attached hydrogens (tertiary/aromatic N) is 5. The van der Waals surface area contributed by atoms with Crippen LogP contribution >= 0.6 is 0 Å². The van der Waals surface area contributed by atoms with E-state index >= 15 is 0 Å². The zero-order valence-corrected chi connectivity index (χ0v) is 7.45. The van der Waals surface area contributed by atoms with Gasteiger partial charge >= 0.3 is 6.01 Å². The van der Waals surface area contributed by atoms with Gasteiger partial charge in [0.1, 0.15) is 18.3 Å². The van der Waals surface area contributed by atoms with E-state index in [0.717, 1.165) is 0 Å². The lowest BCUT2D eigenvalue weighted by atomic mass is 10.5. The van der Waals surface area contributed by atoms with E-state index in [0.29, 0.717) is 5.69 Å². The van der Waals surface area contributed by atoms with E-state index < -0.39 is 0 Å². The zero-order valence-electron chi connectivity index (χ0n) is 7.45. The average Bonchev–Trinajstić information content (AvgIpc) is 2.56. The molecule has 2 aromatic rings. The normalized spacial score (nSPS) is 10.1. The first-order chi connectivity index (χ1) is 6.75. The second-order valence-corrected chi connectivity index (χ2v) is 2.59. The number of hydrogen-bond acceptors (Lipinski definition) is 6. The summed E-state index contributed by atoms with van der Waals surface area (Å²) in [4.78, 5) is 11.4. The molecule has 0 saturated heterocycles. The maximum absolute atomic E-state index is 5.56. The van der Waals surface area contributed by atoms with Crippen molar-refractivity contribution in [1.82, 2.24) is 24.7 Å². The number of rotatable bonds is 2. The molecular formula is C7H8N6O. The number of hydrogen-bond donors (Lipinski definition) is 1. The topological polar surface area (TPSA) is 91.7 Å². The summed E-state index contributed by atoms with van der Waals surface area (Å²) in [6.07, 6.45) is 4.31. The molecule has 7 nitrogen and oxygen atoms in total. The van der Waals surface area contributed by atoms with Gasteiger partial charge in [0.2, 0.25) is 5.88 Å². The van der Waals surface area contributed by atoms with Crippen LogP contribution < -0.4 is 10.5 Å². The summed E-state index contributed by atoms with van der Waals surface area (Å²) in [5.41, 5.74) is 5.91. The van der Waals surface area contributed by atoms with E-state index in [2.05, 4.69) is 20.1 Å². The highest BCUT2D eigenvalue weighted by Crippen LogP contribution is 2.19. The van der Waals surface area contributed by atoms with Crippen LogP contribution in [-0.2, 0) is 7.05 Å². The van der Waals surface area contributed by atoms with Crippen molar-refractivity contribution < 1.29 is 4.74 Å². The van der Waals surface area contributed by atoms with Crippen molar-refractivity contribution >= 4 is 5.69 Å². The van der Waals surface area contributed by atoms with Crippen molar-refractivity contribution in [2.75, 3.05) is 5.73 Å². The van der Waals surface area contributed by atoms with Crippen LogP contribution in [0.1, 0.15) is 0 Å². The maximum atomic E-state index is 5.56. The van der Waals surface area contributed by atoms with Gasteiger partial charge in [-0.05, 0) is 0 Å². The Morgan fingerprint density at radius 3 is 2.93 bits per heavy atom. The Hall–Kier alpha value is -2.18. The van der Waals surface area contributed by atoms with Crippen molar-refractivity contribution in [3.63, 3.8) is 0 Å². The summed E-state index contributed by atoms with van der Waals surface area (Å²) in [5, 5.41) is 3.91. The van der Waals surface area contributed by atoms with Crippen LogP contribution in [0.15, 0.2) is 18.9 Å². The lowest BCUT2D eigenvalue weighted by molar-refractivity contribution is 0.424. The second-order valence-electron chi connectivity index (χ2n) is 2.59. The molecule has 2 aromatic heterocycles. The largest absolute Gasteiger partial charge is 0.402 e. The van der Waals surface area contributed by atoms with Gasteiger partial charge in [0, 0.05) is 7.05 Å². The lowest BCUT2D eigenvalue weighted by Gasteiger charge is -2.00. The molecule has 2 heterocycles. The van der Waals surface area contributed by atoms with Crippen molar-refractivity contribution in [2.24, 2.45) is 7.05 Å². The molecule has 0 radical (unpaired) electrons. The van der Waals surface area contributed by atoms with Gasteiger partial charge in [0.25, 0.3) is 0 Å². The van der Waals surface area contributed by atoms with Gasteiger partial charge < -0.3 is 10.5 Å². The van der Waals surface area contributed by atoms with Crippen molar-refractivity contribution in [1.29, 1.82) is 0 Å². The van der Waals surface area contributed by atoms with E-state index in [1.165, 1.54) is 23.5 Å². The summed E-state index contributed by atoms with van der Waals surface area (Å²) in [6.45, 7) is 0. The molecule has 0 spiro atoms. The Morgan fingerprint density at radius 1 is 1.43 bits per heavy atom. The molecule has 0 fully saturated rings. The van der Waals surface area contributed by atoms with Gasteiger partial charge in [-0.2, -0.15) is 9.97 Å². The van der Waals surface area contributed by atoms with Gasteiger partial charge in [0.15, 0.2) is 0 Å². The molecule has 0 aliphatic rings. The van der Waals surface area contributed by atoms with Crippen molar-refractivity contribution in [3.05, 3.63) is 18.9 Å². The van der Waals surface area contributed by atoms with E-state index in [-0.39, 0.29) is 11.9 Å². The van der Waals surface area contributed by atoms with Crippen molar-refractivity contribution in [3.8, 4) is 11.9 Å². The number of aryl methyl sites for hydroxylation is 1. The molecule has 0 bridgehead atoms. The Morgan fingerprint density at radius 2 is 2.29 bits per heavy atom. The Labute approximate surface area is 79.6 Å². The van der Waals surface area contributed by atoms with Crippen LogP contribution in [0.4, 0.5) is 5.69 Å². The maximum Gasteiger partial charge on any atom is 0.342 e. The molecule has 14 heavy (non-hydrogen) atoms. The molecule has 72 valence electrons. The summed E-state index contributed by atoms with van der Waals surface area (Å²) < 4.78 is 6.73. The SMILES string of the molecule is Cn1cnc(Oc2ncncc2N)n1. The Kier molecular flexibility index (Phi) is 1.98. The van der Waals surface area contributed by atoms with Crippen molar-refractivity contribution in [2.45, 2.75) is 0 Å². The summed E-state index contributed by atoms with van der Waals surface area (Å²) in [6, 6.07) is 0.206. The van der Waals surface area contributed by atoms with Crippen LogP contribution in [-0.4, -0.2) is 24.7 Å². The number of anilines is 1. The minimum atomic E-state index is 0.206. The first kappa shape index (κ1) is 8.42. The van der Waals surface area contributed by atoms with Gasteiger partial charge in [-0.15, -0.1) is 5.10 Å². The third kappa shape index (κ3) is 1.60. The molecule has 2 rings (SSSR count). The number of ether oxygens (including phenoxy) is 1. The number of nitrogen functional groups attached to an aromatic ring is 1. The molecule has 0 atom stereocenters. The second kappa shape index (κ2) is 3.29. The van der Waals surface area contributed by atoms with Crippen LogP contribution in [0.5, 0.6) is 11.9 Å². The molecular weight excluding hydrogens is 184 g/mol. The van der Waals surface area contributed by atoms with Gasteiger partial charge in [-0.1, -0.05) is 0 Å². The fraction of sp³-hybridized carbons (Fsp3) is 0.143. The minimum absolute atomic E-state index is 0.206. The standard InChI is InChI=1S/C7H8N6O/c1-13-4-11-7(12-13)14-6-5(8)2-9-3-10-6/h2-4H,8H2,1H3. The quantitative estimate of drug-likeness (QED) is 0.718. The highest BCUT2D eigenvalue weighted by Gasteiger charge is 2.05. The smallest absolute Gasteiger partial charge is 0.342 e. The molecule has 0 saturated carbocycles. The molecule has 0 aliphatic carbocycles. The van der Waals surface area contributed by atoms with E-state index in [4.69, 9.17) is 10.5 Å². The first-order valence-electron chi connectivity index (χ1n) is 3.84. The van der Waals surface area contributed by atoms with Gasteiger partial charge in [-0.3, -0.25) is 4.68 Å². The molecule has 7 heteroatoms. The van der Waals surface area contributed by atoms with Crippen LogP contribution in [0.25, 0.3) is 0 Å². The average molecular weight is 192 g/mol.